The number of carbonyl (C=O) groups excluding carboxylic acids is 4. The van der Waals surface area contributed by atoms with E-state index in [1.165, 1.54) is 4.90 Å². The normalized spacial score (nSPS) is 25.6. The van der Waals surface area contributed by atoms with Crippen molar-refractivity contribution in [3.05, 3.63) is 104 Å². The van der Waals surface area contributed by atoms with Crippen molar-refractivity contribution in [3.8, 4) is 0 Å². The number of esters is 1. The van der Waals surface area contributed by atoms with Crippen molar-refractivity contribution in [1.82, 2.24) is 10.2 Å². The SMILES string of the molecule is C=CCCC(=O)NC[C@H](OC(=O)[C@H]1[C@@H]2O[C@@]3(CC2Br)[C@@H]1C(=O)N(CCCO)[C@@H]3C(=O)N(CC=C)c1ccc2ccccc2c1)c1ccccc1. The molecule has 3 aliphatic rings. The lowest BCUT2D eigenvalue weighted by Gasteiger charge is -2.37. The van der Waals surface area contributed by atoms with Gasteiger partial charge in [-0.05, 0) is 47.7 Å². The van der Waals surface area contributed by atoms with E-state index >= 15 is 0 Å². The molecule has 0 saturated carbocycles. The number of aliphatic hydroxyl groups is 1. The number of hydrogen-bond acceptors (Lipinski definition) is 7. The third kappa shape index (κ3) is 6.61. The summed E-state index contributed by atoms with van der Waals surface area (Å²) in [5.41, 5.74) is 0.0106. The van der Waals surface area contributed by atoms with Crippen LogP contribution < -0.4 is 10.2 Å². The van der Waals surface area contributed by atoms with Gasteiger partial charge in [-0.2, -0.15) is 0 Å². The van der Waals surface area contributed by atoms with Gasteiger partial charge in [0.05, 0.1) is 24.5 Å². The molecule has 3 aliphatic heterocycles. The molecule has 3 amide bonds. The fourth-order valence-electron chi connectivity index (χ4n) is 7.75. The first kappa shape index (κ1) is 35.5. The molecule has 1 spiro atoms. The summed E-state index contributed by atoms with van der Waals surface area (Å²) in [7, 11) is 0. The Bertz CT molecular complexity index is 1770. The summed E-state index contributed by atoms with van der Waals surface area (Å²) in [6.45, 7) is 7.70. The molecule has 3 fully saturated rings. The van der Waals surface area contributed by atoms with Gasteiger partial charge in [-0.3, -0.25) is 19.2 Å². The number of carbonyl (C=O) groups is 4. The van der Waals surface area contributed by atoms with Gasteiger partial charge in [0.15, 0.2) is 0 Å². The number of ether oxygens (including phenoxy) is 2. The summed E-state index contributed by atoms with van der Waals surface area (Å²) < 4.78 is 12.8. The quantitative estimate of drug-likeness (QED) is 0.130. The molecule has 0 aliphatic carbocycles. The second-order valence-electron chi connectivity index (χ2n) is 13.0. The molecule has 7 atom stereocenters. The Kier molecular flexibility index (Phi) is 10.9. The lowest BCUT2D eigenvalue weighted by Crippen LogP contribution is -2.57. The maximum atomic E-state index is 14.9. The van der Waals surface area contributed by atoms with Gasteiger partial charge in [-0.1, -0.05) is 88.7 Å². The minimum atomic E-state index is -1.32. The lowest BCUT2D eigenvalue weighted by atomic mass is 9.70. The van der Waals surface area contributed by atoms with Crippen LogP contribution in [0, 0.1) is 11.8 Å². The third-order valence-electron chi connectivity index (χ3n) is 9.96. The molecule has 3 aromatic rings. The van der Waals surface area contributed by atoms with Crippen LogP contribution in [0.1, 0.15) is 37.4 Å². The van der Waals surface area contributed by atoms with Gasteiger partial charge in [0, 0.05) is 36.6 Å². The van der Waals surface area contributed by atoms with Crippen molar-refractivity contribution in [3.63, 3.8) is 0 Å². The van der Waals surface area contributed by atoms with Crippen molar-refractivity contribution in [1.29, 1.82) is 0 Å². The fraction of sp³-hybridized carbons (Fsp3) is 0.385. The monoisotopic (exact) mass is 743 g/mol. The molecule has 11 heteroatoms. The molecule has 6 rings (SSSR count). The molecule has 2 N–H and O–H groups in total. The zero-order chi connectivity index (χ0) is 35.4. The number of anilines is 1. The van der Waals surface area contributed by atoms with Crippen LogP contribution in [0.3, 0.4) is 0 Å². The van der Waals surface area contributed by atoms with Gasteiger partial charge in [0.25, 0.3) is 5.91 Å². The second kappa shape index (κ2) is 15.3. The molecule has 3 heterocycles. The predicted octanol–water partition coefficient (Wildman–Crippen LogP) is 4.86. The molecule has 3 aromatic carbocycles. The molecule has 10 nitrogen and oxygen atoms in total. The van der Waals surface area contributed by atoms with Crippen LogP contribution in [0.2, 0.25) is 0 Å². The minimum Gasteiger partial charge on any atom is -0.455 e. The molecule has 262 valence electrons. The Morgan fingerprint density at radius 2 is 1.82 bits per heavy atom. The number of allylic oxidation sites excluding steroid dienone is 1. The van der Waals surface area contributed by atoms with E-state index in [-0.39, 0.29) is 61.6 Å². The third-order valence-corrected chi connectivity index (χ3v) is 10.8. The van der Waals surface area contributed by atoms with E-state index in [9.17, 15) is 24.3 Å². The Balaban J connectivity index is 1.33. The zero-order valence-electron chi connectivity index (χ0n) is 27.8. The summed E-state index contributed by atoms with van der Waals surface area (Å²) in [5.74, 6) is -3.57. The fourth-order valence-corrected chi connectivity index (χ4v) is 8.69. The summed E-state index contributed by atoms with van der Waals surface area (Å²) >= 11 is 3.72. The van der Waals surface area contributed by atoms with Gasteiger partial charge >= 0.3 is 5.97 Å². The van der Waals surface area contributed by atoms with Gasteiger partial charge < -0.3 is 29.7 Å². The first-order valence-electron chi connectivity index (χ1n) is 17.0. The van der Waals surface area contributed by atoms with Crippen molar-refractivity contribution in [2.24, 2.45) is 11.8 Å². The molecule has 0 radical (unpaired) electrons. The Labute approximate surface area is 300 Å². The summed E-state index contributed by atoms with van der Waals surface area (Å²) in [5, 5.41) is 14.6. The Hall–Kier alpha value is -4.32. The highest BCUT2D eigenvalue weighted by molar-refractivity contribution is 9.09. The standard InChI is InChI=1S/C39H42BrN3O7/c1-3-5-16-31(45)41-24-30(26-13-7-6-8-14-26)49-38(48)32-33-36(46)43(20-11-21-44)35(39(33)23-29(40)34(32)50-39)37(47)42(19-4-2)28-18-17-25-12-9-10-15-27(25)22-28/h3-4,6-10,12-15,17-18,22,29-30,32-35,44H,1-2,5,11,16,19-21,23-24H2,(H,41,45)/t29?,30-,32+,33-,34+,35+,39-/m0/s1. The first-order valence-corrected chi connectivity index (χ1v) is 17.9. The van der Waals surface area contributed by atoms with Crippen LogP contribution in [0.4, 0.5) is 5.69 Å². The second-order valence-corrected chi connectivity index (χ2v) is 14.2. The number of fused-ring (bicyclic) bond motifs is 2. The van der Waals surface area contributed by atoms with Crippen molar-refractivity contribution in [2.45, 2.75) is 54.4 Å². The molecule has 2 bridgehead atoms. The van der Waals surface area contributed by atoms with Crippen molar-refractivity contribution in [2.75, 3.05) is 31.1 Å². The lowest BCUT2D eigenvalue weighted by molar-refractivity contribution is -0.160. The van der Waals surface area contributed by atoms with E-state index in [0.717, 1.165) is 10.8 Å². The van der Waals surface area contributed by atoms with E-state index < -0.39 is 41.7 Å². The number of aliphatic hydroxyl groups excluding tert-OH is 1. The van der Waals surface area contributed by atoms with Crippen LogP contribution in [0.15, 0.2) is 98.1 Å². The molecule has 1 unspecified atom stereocenters. The maximum absolute atomic E-state index is 14.9. The van der Waals surface area contributed by atoms with E-state index in [2.05, 4.69) is 34.4 Å². The average molecular weight is 745 g/mol. The number of benzene rings is 3. The minimum absolute atomic E-state index is 0.0392. The summed E-state index contributed by atoms with van der Waals surface area (Å²) in [4.78, 5) is 58.8. The van der Waals surface area contributed by atoms with Gasteiger partial charge in [0.2, 0.25) is 11.8 Å². The molecular weight excluding hydrogens is 702 g/mol. The highest BCUT2D eigenvalue weighted by Crippen LogP contribution is 2.60. The summed E-state index contributed by atoms with van der Waals surface area (Å²) in [6.07, 6.45) is 3.09. The highest BCUT2D eigenvalue weighted by atomic mass is 79.9. The zero-order valence-corrected chi connectivity index (χ0v) is 29.4. The average Bonchev–Trinajstić information content (AvgIpc) is 3.73. The number of likely N-dealkylation sites (tertiary alicyclic amines) is 1. The maximum Gasteiger partial charge on any atom is 0.313 e. The Morgan fingerprint density at radius 3 is 2.54 bits per heavy atom. The van der Waals surface area contributed by atoms with Crippen molar-refractivity contribution >= 4 is 56.1 Å². The topological polar surface area (TPSA) is 125 Å². The highest BCUT2D eigenvalue weighted by Gasteiger charge is 2.77. The van der Waals surface area contributed by atoms with E-state index in [1.807, 2.05) is 72.8 Å². The van der Waals surface area contributed by atoms with Gasteiger partial charge in [-0.15, -0.1) is 13.2 Å². The van der Waals surface area contributed by atoms with E-state index in [4.69, 9.17) is 9.47 Å². The number of hydrogen-bond donors (Lipinski definition) is 2. The number of alkyl halides is 1. The molecular formula is C39H42BrN3O7. The van der Waals surface area contributed by atoms with Crippen LogP contribution in [-0.4, -0.2) is 82.5 Å². The van der Waals surface area contributed by atoms with Crippen LogP contribution in [-0.2, 0) is 28.7 Å². The number of halogens is 1. The number of nitrogens with one attached hydrogen (secondary N) is 1. The van der Waals surface area contributed by atoms with E-state index in [1.54, 1.807) is 17.1 Å². The van der Waals surface area contributed by atoms with Crippen LogP contribution in [0.5, 0.6) is 0 Å². The van der Waals surface area contributed by atoms with Crippen LogP contribution >= 0.6 is 15.9 Å². The Morgan fingerprint density at radius 1 is 1.08 bits per heavy atom. The van der Waals surface area contributed by atoms with Crippen LogP contribution in [0.25, 0.3) is 10.8 Å². The van der Waals surface area contributed by atoms with Gasteiger partial charge in [0.1, 0.15) is 17.7 Å². The largest absolute Gasteiger partial charge is 0.455 e. The number of nitrogens with zero attached hydrogens (tertiary/aromatic N) is 2. The predicted molar refractivity (Wildman–Crippen MR) is 193 cm³/mol. The molecule has 50 heavy (non-hydrogen) atoms. The first-order chi connectivity index (χ1) is 24.2. The summed E-state index contributed by atoms with van der Waals surface area (Å²) in [6, 6.07) is 21.6. The number of amides is 3. The molecule has 0 aromatic heterocycles. The number of rotatable bonds is 15. The van der Waals surface area contributed by atoms with E-state index in [0.29, 0.717) is 24.1 Å². The van der Waals surface area contributed by atoms with Gasteiger partial charge in [-0.25, -0.2) is 0 Å². The smallest absolute Gasteiger partial charge is 0.313 e. The van der Waals surface area contributed by atoms with Crippen molar-refractivity contribution < 1.29 is 33.8 Å². The molecule has 3 saturated heterocycles.